The molecule has 0 N–H and O–H groups in total. The Morgan fingerprint density at radius 3 is 2.85 bits per heavy atom. The maximum Gasteiger partial charge on any atom is 0.0444 e. The summed E-state index contributed by atoms with van der Waals surface area (Å²) in [5.74, 6) is 0. The fraction of sp³-hybridized carbons (Fsp3) is 0.500. The van der Waals surface area contributed by atoms with E-state index in [4.69, 9.17) is 11.6 Å². The zero-order valence-corrected chi connectivity index (χ0v) is 8.90. The predicted octanol–water partition coefficient (Wildman–Crippen LogP) is 4.26. The van der Waals surface area contributed by atoms with Crippen LogP contribution < -0.4 is 0 Å². The van der Waals surface area contributed by atoms with Crippen LogP contribution in [0.3, 0.4) is 0 Å². The summed E-state index contributed by atoms with van der Waals surface area (Å²) < 4.78 is 0. The van der Waals surface area contributed by atoms with Crippen molar-refractivity contribution in [1.82, 2.24) is 0 Å². The molecule has 1 rings (SSSR count). The molecule has 0 aliphatic carbocycles. The summed E-state index contributed by atoms with van der Waals surface area (Å²) in [4.78, 5) is 0. The molecule has 0 aliphatic rings. The second-order valence-corrected chi connectivity index (χ2v) is 3.71. The van der Waals surface area contributed by atoms with Crippen LogP contribution >= 0.6 is 11.6 Å². The maximum atomic E-state index is 6.01. The lowest BCUT2D eigenvalue weighted by Gasteiger charge is -2.02. The van der Waals surface area contributed by atoms with Crippen LogP contribution in [0.4, 0.5) is 0 Å². The molecule has 0 heterocycles. The topological polar surface area (TPSA) is 0 Å². The molecule has 0 fully saturated rings. The van der Waals surface area contributed by atoms with Gasteiger partial charge in [-0.25, -0.2) is 0 Å². The summed E-state index contributed by atoms with van der Waals surface area (Å²) in [6, 6.07) is 8.98. The van der Waals surface area contributed by atoms with Crippen molar-refractivity contribution in [1.29, 1.82) is 0 Å². The van der Waals surface area contributed by atoms with Crippen molar-refractivity contribution in [2.75, 3.05) is 0 Å². The average molecular weight is 196 g/mol. The zero-order valence-electron chi connectivity index (χ0n) is 8.15. The van der Waals surface area contributed by atoms with E-state index in [0.717, 1.165) is 11.4 Å². The molecule has 71 valence electrons. The van der Waals surface area contributed by atoms with Gasteiger partial charge >= 0.3 is 0 Å². The summed E-state index contributed by atoms with van der Waals surface area (Å²) >= 11 is 6.01. The van der Waals surface area contributed by atoms with E-state index in [2.05, 4.69) is 13.0 Å². The van der Waals surface area contributed by atoms with Gasteiger partial charge < -0.3 is 0 Å². The molecule has 0 bridgehead atoms. The van der Waals surface area contributed by atoms with Crippen molar-refractivity contribution in [2.45, 2.75) is 39.0 Å². The Morgan fingerprint density at radius 1 is 1.31 bits per heavy atom. The summed E-state index contributed by atoms with van der Waals surface area (Å²) in [6.07, 6.45) is 6.21. The van der Waals surface area contributed by atoms with Crippen LogP contribution in [0.2, 0.25) is 5.02 Å². The average Bonchev–Trinajstić information content (AvgIpc) is 2.15. The van der Waals surface area contributed by atoms with E-state index in [1.54, 1.807) is 0 Å². The van der Waals surface area contributed by atoms with Gasteiger partial charge in [0.15, 0.2) is 0 Å². The molecule has 0 nitrogen and oxygen atoms in total. The quantitative estimate of drug-likeness (QED) is 0.616. The lowest BCUT2D eigenvalue weighted by atomic mass is 10.1. The van der Waals surface area contributed by atoms with E-state index >= 15 is 0 Å². The van der Waals surface area contributed by atoms with Gasteiger partial charge in [0.25, 0.3) is 0 Å². The molecule has 0 aliphatic heterocycles. The van der Waals surface area contributed by atoms with Crippen LogP contribution in [0.15, 0.2) is 18.2 Å². The molecule has 1 radical (unpaired) electrons. The summed E-state index contributed by atoms with van der Waals surface area (Å²) in [7, 11) is 0. The van der Waals surface area contributed by atoms with Crippen molar-refractivity contribution < 1.29 is 0 Å². The third kappa shape index (κ3) is 3.82. The van der Waals surface area contributed by atoms with Crippen LogP contribution in [-0.4, -0.2) is 0 Å². The van der Waals surface area contributed by atoms with Gasteiger partial charge in [0.2, 0.25) is 0 Å². The molecule has 1 aromatic carbocycles. The standard InChI is InChI=1S/C12H16Cl/c1-2-3-4-5-8-11-9-6-7-10-12(11)13/h6-7,10H,2-5,8H2,1H3. The highest BCUT2D eigenvalue weighted by atomic mass is 35.5. The zero-order chi connectivity index (χ0) is 9.52. The van der Waals surface area contributed by atoms with Gasteiger partial charge in [0, 0.05) is 5.02 Å². The lowest BCUT2D eigenvalue weighted by molar-refractivity contribution is 0.666. The number of hydrogen-bond donors (Lipinski definition) is 0. The summed E-state index contributed by atoms with van der Waals surface area (Å²) in [5.41, 5.74) is 1.17. The lowest BCUT2D eigenvalue weighted by Crippen LogP contribution is -1.86. The molecule has 0 spiro atoms. The molecule has 0 saturated heterocycles. The van der Waals surface area contributed by atoms with Gasteiger partial charge in [-0.1, -0.05) is 49.9 Å². The number of benzene rings is 1. The molecule has 0 aromatic heterocycles. The molecular weight excluding hydrogens is 180 g/mol. The minimum atomic E-state index is 0.860. The maximum absolute atomic E-state index is 6.01. The Morgan fingerprint density at radius 2 is 2.15 bits per heavy atom. The van der Waals surface area contributed by atoms with E-state index in [-0.39, 0.29) is 0 Å². The third-order valence-electron chi connectivity index (χ3n) is 2.16. The minimum Gasteiger partial charge on any atom is -0.0840 e. The first-order valence-electron chi connectivity index (χ1n) is 4.99. The van der Waals surface area contributed by atoms with Crippen LogP contribution in [0.5, 0.6) is 0 Å². The number of unbranched alkanes of at least 4 members (excludes halogenated alkanes) is 3. The van der Waals surface area contributed by atoms with E-state index in [9.17, 15) is 0 Å². The Balaban J connectivity index is 2.32. The Hall–Kier alpha value is -0.490. The van der Waals surface area contributed by atoms with E-state index in [1.807, 2.05) is 18.2 Å². The van der Waals surface area contributed by atoms with Gasteiger partial charge in [-0.05, 0) is 30.5 Å². The third-order valence-corrected chi connectivity index (χ3v) is 2.52. The highest BCUT2D eigenvalue weighted by Gasteiger charge is 1.97. The predicted molar refractivity (Wildman–Crippen MR) is 58.1 cm³/mol. The van der Waals surface area contributed by atoms with E-state index in [1.165, 1.54) is 31.2 Å². The highest BCUT2D eigenvalue weighted by Crippen LogP contribution is 2.17. The Bertz CT molecular complexity index is 243. The molecule has 0 atom stereocenters. The molecule has 1 heteroatoms. The molecule has 0 unspecified atom stereocenters. The van der Waals surface area contributed by atoms with Crippen molar-refractivity contribution in [3.05, 3.63) is 34.9 Å². The molecule has 13 heavy (non-hydrogen) atoms. The van der Waals surface area contributed by atoms with Crippen molar-refractivity contribution in [2.24, 2.45) is 0 Å². The van der Waals surface area contributed by atoms with Crippen molar-refractivity contribution in [3.63, 3.8) is 0 Å². The first-order chi connectivity index (χ1) is 6.34. The van der Waals surface area contributed by atoms with Crippen LogP contribution in [-0.2, 0) is 6.42 Å². The number of rotatable bonds is 5. The fourth-order valence-corrected chi connectivity index (χ4v) is 1.59. The van der Waals surface area contributed by atoms with Gasteiger partial charge in [0.1, 0.15) is 0 Å². The number of aryl methyl sites for hydroxylation is 1. The molecule has 0 amide bonds. The van der Waals surface area contributed by atoms with Crippen molar-refractivity contribution >= 4 is 11.6 Å². The molecular formula is C12H16Cl. The van der Waals surface area contributed by atoms with E-state index in [0.29, 0.717) is 0 Å². The minimum absolute atomic E-state index is 0.860. The second kappa shape index (κ2) is 6.04. The monoisotopic (exact) mass is 195 g/mol. The van der Waals surface area contributed by atoms with Gasteiger partial charge in [-0.3, -0.25) is 0 Å². The Labute approximate surface area is 85.9 Å². The van der Waals surface area contributed by atoms with Crippen LogP contribution in [0.1, 0.15) is 38.2 Å². The second-order valence-electron chi connectivity index (χ2n) is 3.31. The largest absolute Gasteiger partial charge is 0.0840 e. The summed E-state index contributed by atoms with van der Waals surface area (Å²) in [5, 5.41) is 0.860. The SMILES string of the molecule is CCCCCCc1[c]cccc1Cl. The van der Waals surface area contributed by atoms with E-state index < -0.39 is 0 Å². The smallest absolute Gasteiger partial charge is 0.0444 e. The van der Waals surface area contributed by atoms with Gasteiger partial charge in [0.05, 0.1) is 0 Å². The first kappa shape index (κ1) is 10.6. The molecule has 1 aromatic rings. The Kier molecular flexibility index (Phi) is 4.92. The van der Waals surface area contributed by atoms with Crippen LogP contribution in [0.25, 0.3) is 0 Å². The van der Waals surface area contributed by atoms with Gasteiger partial charge in [-0.2, -0.15) is 0 Å². The van der Waals surface area contributed by atoms with Gasteiger partial charge in [-0.15, -0.1) is 0 Å². The number of hydrogen-bond acceptors (Lipinski definition) is 0. The first-order valence-corrected chi connectivity index (χ1v) is 5.37. The summed E-state index contributed by atoms with van der Waals surface area (Å²) in [6.45, 7) is 2.22. The molecule has 0 saturated carbocycles. The normalized spacial score (nSPS) is 10.3. The van der Waals surface area contributed by atoms with Crippen molar-refractivity contribution in [3.8, 4) is 0 Å². The fourth-order valence-electron chi connectivity index (χ4n) is 1.37. The highest BCUT2D eigenvalue weighted by molar-refractivity contribution is 6.31. The van der Waals surface area contributed by atoms with Crippen LogP contribution in [0, 0.1) is 6.07 Å². The number of halogens is 1.